The summed E-state index contributed by atoms with van der Waals surface area (Å²) >= 11 is 0. The fraction of sp³-hybridized carbons (Fsp3) is 0.333. The molecule has 0 saturated carbocycles. The Morgan fingerprint density at radius 1 is 1.25 bits per heavy atom. The third-order valence-corrected chi connectivity index (χ3v) is 2.21. The second-order valence-electron chi connectivity index (χ2n) is 3.66. The molecule has 0 spiro atoms. The minimum absolute atomic E-state index is 0.253. The van der Waals surface area contributed by atoms with Crippen LogP contribution in [0.15, 0.2) is 28.2 Å². The van der Waals surface area contributed by atoms with Gasteiger partial charge in [0.25, 0.3) is 0 Å². The highest BCUT2D eigenvalue weighted by Crippen LogP contribution is 2.27. The summed E-state index contributed by atoms with van der Waals surface area (Å²) in [5.74, 6) is 0.274. The summed E-state index contributed by atoms with van der Waals surface area (Å²) < 4.78 is 0. The number of benzene rings is 1. The molecule has 4 heteroatoms. The van der Waals surface area contributed by atoms with E-state index in [1.165, 1.54) is 12.2 Å². The maximum Gasteiger partial charge on any atom is 0.240 e. The van der Waals surface area contributed by atoms with Gasteiger partial charge in [-0.3, -0.25) is 0 Å². The first kappa shape index (κ1) is 12.1. The predicted molar refractivity (Wildman–Crippen MR) is 60.1 cm³/mol. The van der Waals surface area contributed by atoms with Gasteiger partial charge in [0, 0.05) is 0 Å². The molecular formula is C12H12N2O2. The Morgan fingerprint density at radius 2 is 2.00 bits per heavy atom. The molecule has 4 nitrogen and oxygen atoms in total. The van der Waals surface area contributed by atoms with Crippen LogP contribution in [0.2, 0.25) is 0 Å². The molecule has 0 bridgehead atoms. The van der Waals surface area contributed by atoms with Gasteiger partial charge in [0.05, 0.1) is 12.2 Å². The Balaban J connectivity index is 3.16. The quantitative estimate of drug-likeness (QED) is 0.573. The molecule has 0 aromatic heterocycles. The molecule has 0 N–H and O–H groups in total. The number of hydrogen-bond donors (Lipinski definition) is 0. The first-order valence-electron chi connectivity index (χ1n) is 4.93. The number of hydrogen-bond acceptors (Lipinski definition) is 4. The van der Waals surface area contributed by atoms with Crippen LogP contribution in [0, 0.1) is 0 Å². The summed E-state index contributed by atoms with van der Waals surface area (Å²) in [6, 6.07) is 5.48. The van der Waals surface area contributed by atoms with E-state index in [-0.39, 0.29) is 12.5 Å². The molecule has 82 valence electrons. The maximum absolute atomic E-state index is 10.3. The highest BCUT2D eigenvalue weighted by Gasteiger charge is 2.06. The molecule has 0 aliphatic carbocycles. The largest absolute Gasteiger partial charge is 0.240 e. The summed E-state index contributed by atoms with van der Waals surface area (Å²) in [5, 5.41) is 0. The standard InChI is InChI=1S/C12H12N2O2/c1-9(2)11-4-3-10(6-13-7-15)5-12(11)14-8-16/h3-5,9H,6H2,1-2H3. The minimum atomic E-state index is 0.253. The van der Waals surface area contributed by atoms with Gasteiger partial charge in [-0.2, -0.15) is 4.99 Å². The van der Waals surface area contributed by atoms with Crippen LogP contribution in [0.5, 0.6) is 0 Å². The van der Waals surface area contributed by atoms with Crippen molar-refractivity contribution in [3.05, 3.63) is 29.3 Å². The zero-order chi connectivity index (χ0) is 12.0. The molecule has 16 heavy (non-hydrogen) atoms. The summed E-state index contributed by atoms with van der Waals surface area (Å²) in [7, 11) is 0. The SMILES string of the molecule is CC(C)c1ccc(CN=C=O)cc1N=C=O. The van der Waals surface area contributed by atoms with E-state index in [1.54, 1.807) is 6.07 Å². The van der Waals surface area contributed by atoms with Gasteiger partial charge in [-0.1, -0.05) is 26.0 Å². The molecule has 0 radical (unpaired) electrons. The number of nitrogens with zero attached hydrogens (tertiary/aromatic N) is 2. The molecule has 1 aromatic carbocycles. The van der Waals surface area contributed by atoms with E-state index in [9.17, 15) is 9.59 Å². The summed E-state index contributed by atoms with van der Waals surface area (Å²) in [6.07, 6.45) is 3.00. The van der Waals surface area contributed by atoms with E-state index < -0.39 is 0 Å². The Labute approximate surface area is 93.7 Å². The van der Waals surface area contributed by atoms with Gasteiger partial charge in [0.2, 0.25) is 12.2 Å². The van der Waals surface area contributed by atoms with Crippen molar-refractivity contribution in [3.63, 3.8) is 0 Å². The molecule has 1 rings (SSSR count). The molecule has 0 heterocycles. The maximum atomic E-state index is 10.3. The molecule has 0 aliphatic rings. The van der Waals surface area contributed by atoms with Crippen molar-refractivity contribution in [2.24, 2.45) is 9.98 Å². The van der Waals surface area contributed by atoms with Gasteiger partial charge in [-0.25, -0.2) is 14.6 Å². The smallest absolute Gasteiger partial charge is 0.211 e. The molecule has 0 amide bonds. The zero-order valence-corrected chi connectivity index (χ0v) is 9.23. The minimum Gasteiger partial charge on any atom is -0.211 e. The van der Waals surface area contributed by atoms with Crippen LogP contribution >= 0.6 is 0 Å². The van der Waals surface area contributed by atoms with Crippen LogP contribution in [-0.2, 0) is 16.1 Å². The van der Waals surface area contributed by atoms with Gasteiger partial charge in [-0.15, -0.1) is 0 Å². The predicted octanol–water partition coefficient (Wildman–Crippen LogP) is 2.61. The van der Waals surface area contributed by atoms with Crippen LogP contribution in [0.25, 0.3) is 0 Å². The Bertz CT molecular complexity index is 468. The Hall–Kier alpha value is -2.02. The van der Waals surface area contributed by atoms with Crippen molar-refractivity contribution in [1.29, 1.82) is 0 Å². The average molecular weight is 216 g/mol. The van der Waals surface area contributed by atoms with E-state index in [4.69, 9.17) is 0 Å². The second-order valence-corrected chi connectivity index (χ2v) is 3.66. The molecule has 0 aliphatic heterocycles. The number of isocyanates is 2. The normalized spacial score (nSPS) is 9.44. The van der Waals surface area contributed by atoms with E-state index in [0.717, 1.165) is 11.1 Å². The van der Waals surface area contributed by atoms with Gasteiger partial charge in [0.15, 0.2) is 0 Å². The topological polar surface area (TPSA) is 58.9 Å². The second kappa shape index (κ2) is 5.76. The molecule has 0 unspecified atom stereocenters. The fourth-order valence-corrected chi connectivity index (χ4v) is 1.45. The number of aliphatic imine (C=N–C) groups is 2. The lowest BCUT2D eigenvalue weighted by molar-refractivity contribution is 0.562. The highest BCUT2D eigenvalue weighted by atomic mass is 16.1. The monoisotopic (exact) mass is 216 g/mol. The summed E-state index contributed by atoms with van der Waals surface area (Å²) in [4.78, 5) is 27.4. The molecule has 1 aromatic rings. The van der Waals surface area contributed by atoms with Crippen molar-refractivity contribution in [3.8, 4) is 0 Å². The van der Waals surface area contributed by atoms with E-state index in [2.05, 4.69) is 9.98 Å². The number of carbonyl (C=O) groups excluding carboxylic acids is 2. The Kier molecular flexibility index (Phi) is 4.34. The number of rotatable bonds is 4. The summed E-state index contributed by atoms with van der Waals surface area (Å²) in [6.45, 7) is 4.29. The van der Waals surface area contributed by atoms with Crippen molar-refractivity contribution in [2.75, 3.05) is 0 Å². The third-order valence-electron chi connectivity index (χ3n) is 2.21. The fourth-order valence-electron chi connectivity index (χ4n) is 1.45. The van der Waals surface area contributed by atoms with E-state index >= 15 is 0 Å². The van der Waals surface area contributed by atoms with Gasteiger partial charge in [0.1, 0.15) is 0 Å². The van der Waals surface area contributed by atoms with Crippen LogP contribution < -0.4 is 0 Å². The van der Waals surface area contributed by atoms with Crippen LogP contribution in [0.4, 0.5) is 5.69 Å². The van der Waals surface area contributed by atoms with Crippen LogP contribution in [0.1, 0.15) is 30.9 Å². The third kappa shape index (κ3) is 2.99. The lowest BCUT2D eigenvalue weighted by atomic mass is 9.99. The van der Waals surface area contributed by atoms with Gasteiger partial charge < -0.3 is 0 Å². The van der Waals surface area contributed by atoms with Crippen molar-refractivity contribution < 1.29 is 9.59 Å². The van der Waals surface area contributed by atoms with Gasteiger partial charge >= 0.3 is 0 Å². The van der Waals surface area contributed by atoms with Crippen molar-refractivity contribution in [2.45, 2.75) is 26.3 Å². The lowest BCUT2D eigenvalue weighted by Crippen LogP contribution is -1.90. The highest BCUT2D eigenvalue weighted by molar-refractivity contribution is 5.56. The molecule has 0 fully saturated rings. The first-order chi connectivity index (χ1) is 7.69. The van der Waals surface area contributed by atoms with Crippen LogP contribution in [-0.4, -0.2) is 12.2 Å². The van der Waals surface area contributed by atoms with Crippen molar-refractivity contribution in [1.82, 2.24) is 0 Å². The average Bonchev–Trinajstić information content (AvgIpc) is 2.26. The molecular weight excluding hydrogens is 204 g/mol. The van der Waals surface area contributed by atoms with Gasteiger partial charge in [-0.05, 0) is 23.1 Å². The lowest BCUT2D eigenvalue weighted by Gasteiger charge is -2.09. The first-order valence-corrected chi connectivity index (χ1v) is 4.93. The van der Waals surface area contributed by atoms with E-state index in [1.807, 2.05) is 26.0 Å². The summed E-state index contributed by atoms with van der Waals surface area (Å²) in [5.41, 5.74) is 2.38. The zero-order valence-electron chi connectivity index (χ0n) is 9.23. The molecule has 0 saturated heterocycles. The molecule has 0 atom stereocenters. The Morgan fingerprint density at radius 3 is 2.56 bits per heavy atom. The van der Waals surface area contributed by atoms with Crippen LogP contribution in [0.3, 0.4) is 0 Å². The van der Waals surface area contributed by atoms with Crippen molar-refractivity contribution >= 4 is 17.8 Å². The van der Waals surface area contributed by atoms with E-state index in [0.29, 0.717) is 5.69 Å².